The molecular weight excluding hydrogens is 230 g/mol. The molecule has 1 N–H and O–H groups in total. The number of aryl methyl sites for hydroxylation is 1. The fourth-order valence-corrected chi connectivity index (χ4v) is 1.31. The summed E-state index contributed by atoms with van der Waals surface area (Å²) in [7, 11) is 0. The molecule has 0 radical (unpaired) electrons. The van der Waals surface area contributed by atoms with E-state index in [0.717, 1.165) is 12.0 Å². The lowest BCUT2D eigenvalue weighted by Crippen LogP contribution is -2.26. The highest BCUT2D eigenvalue weighted by atomic mass is 35.5. The van der Waals surface area contributed by atoms with Crippen LogP contribution >= 0.6 is 11.6 Å². The van der Waals surface area contributed by atoms with Gasteiger partial charge in [-0.2, -0.15) is 0 Å². The van der Waals surface area contributed by atoms with Gasteiger partial charge in [-0.3, -0.25) is 4.89 Å². The molecule has 0 aromatic heterocycles. The predicted molar refractivity (Wildman–Crippen MR) is 61.6 cm³/mol. The van der Waals surface area contributed by atoms with E-state index in [4.69, 9.17) is 16.5 Å². The summed E-state index contributed by atoms with van der Waals surface area (Å²) in [5, 5.41) is 2.92. The SMILES string of the molecule is CCCNC(=O)OOc1c(C)cccc1Cl. The number of rotatable bonds is 4. The third-order valence-electron chi connectivity index (χ3n) is 1.88. The topological polar surface area (TPSA) is 47.6 Å². The van der Waals surface area contributed by atoms with Crippen molar-refractivity contribution in [1.82, 2.24) is 5.32 Å². The average Bonchev–Trinajstić information content (AvgIpc) is 2.25. The molecule has 0 saturated heterocycles. The summed E-state index contributed by atoms with van der Waals surface area (Å²) in [6.45, 7) is 4.30. The van der Waals surface area contributed by atoms with Crippen LogP contribution in [0.2, 0.25) is 5.02 Å². The van der Waals surface area contributed by atoms with E-state index < -0.39 is 6.09 Å². The molecule has 1 rings (SSSR count). The molecule has 0 saturated carbocycles. The van der Waals surface area contributed by atoms with Crippen LogP contribution in [0.15, 0.2) is 18.2 Å². The number of benzene rings is 1. The number of hydrogen-bond acceptors (Lipinski definition) is 3. The predicted octanol–water partition coefficient (Wildman–Crippen LogP) is 3.08. The largest absolute Gasteiger partial charge is 0.450 e. The van der Waals surface area contributed by atoms with Crippen LogP contribution in [0.3, 0.4) is 0 Å². The Kier molecular flexibility index (Phi) is 4.92. The summed E-state index contributed by atoms with van der Waals surface area (Å²) >= 11 is 5.88. The van der Waals surface area contributed by atoms with Crippen molar-refractivity contribution in [3.63, 3.8) is 0 Å². The van der Waals surface area contributed by atoms with Crippen molar-refractivity contribution in [3.8, 4) is 5.75 Å². The van der Waals surface area contributed by atoms with Gasteiger partial charge in [0, 0.05) is 6.54 Å². The van der Waals surface area contributed by atoms with E-state index in [1.165, 1.54) is 0 Å². The van der Waals surface area contributed by atoms with Gasteiger partial charge in [0.2, 0.25) is 0 Å². The molecule has 16 heavy (non-hydrogen) atoms. The monoisotopic (exact) mass is 243 g/mol. The van der Waals surface area contributed by atoms with Gasteiger partial charge >= 0.3 is 6.09 Å². The first-order chi connectivity index (χ1) is 7.65. The number of amides is 1. The van der Waals surface area contributed by atoms with Gasteiger partial charge in [-0.15, -0.1) is 0 Å². The van der Waals surface area contributed by atoms with E-state index in [9.17, 15) is 4.79 Å². The second kappa shape index (κ2) is 6.23. The molecule has 0 fully saturated rings. The minimum absolute atomic E-state index is 0.357. The van der Waals surface area contributed by atoms with Crippen LogP contribution in [0, 0.1) is 6.92 Å². The Bertz CT molecular complexity index is 348. The van der Waals surface area contributed by atoms with Crippen LogP contribution in [0.1, 0.15) is 18.9 Å². The van der Waals surface area contributed by atoms with Gasteiger partial charge in [0.05, 0.1) is 5.02 Å². The first kappa shape index (κ1) is 12.6. The normalized spacial score (nSPS) is 9.69. The highest BCUT2D eigenvalue weighted by Gasteiger charge is 2.09. The van der Waals surface area contributed by atoms with Gasteiger partial charge in [0.15, 0.2) is 5.75 Å². The number of nitrogens with one attached hydrogen (secondary N) is 1. The minimum Gasteiger partial charge on any atom is -0.318 e. The molecule has 4 nitrogen and oxygen atoms in total. The quantitative estimate of drug-likeness (QED) is 0.653. The molecule has 5 heteroatoms. The molecule has 1 aromatic carbocycles. The molecular formula is C11H14ClNO3. The van der Waals surface area contributed by atoms with Crippen molar-refractivity contribution in [1.29, 1.82) is 0 Å². The average molecular weight is 244 g/mol. The Labute approximate surface area is 99.4 Å². The number of hydrogen-bond donors (Lipinski definition) is 1. The van der Waals surface area contributed by atoms with E-state index in [2.05, 4.69) is 10.2 Å². The van der Waals surface area contributed by atoms with Crippen molar-refractivity contribution in [3.05, 3.63) is 28.8 Å². The highest BCUT2D eigenvalue weighted by Crippen LogP contribution is 2.27. The fourth-order valence-electron chi connectivity index (χ4n) is 1.06. The molecule has 88 valence electrons. The lowest BCUT2D eigenvalue weighted by molar-refractivity contribution is -0.142. The molecule has 0 spiro atoms. The molecule has 0 bridgehead atoms. The van der Waals surface area contributed by atoms with Crippen LogP contribution in [0.4, 0.5) is 4.79 Å². The third-order valence-corrected chi connectivity index (χ3v) is 2.18. The zero-order chi connectivity index (χ0) is 12.0. The van der Waals surface area contributed by atoms with Crippen LogP contribution < -0.4 is 10.2 Å². The zero-order valence-electron chi connectivity index (χ0n) is 9.25. The Morgan fingerprint density at radius 1 is 1.50 bits per heavy atom. The highest BCUT2D eigenvalue weighted by molar-refractivity contribution is 6.32. The Balaban J connectivity index is 2.51. The summed E-state index contributed by atoms with van der Waals surface area (Å²) in [4.78, 5) is 20.5. The maximum absolute atomic E-state index is 11.1. The molecule has 0 heterocycles. The van der Waals surface area contributed by atoms with Gasteiger partial charge in [-0.25, -0.2) is 9.68 Å². The van der Waals surface area contributed by atoms with E-state index in [0.29, 0.717) is 17.3 Å². The summed E-state index contributed by atoms with van der Waals surface area (Å²) in [5.74, 6) is 0.357. The first-order valence-electron chi connectivity index (χ1n) is 5.02. The minimum atomic E-state index is -0.624. The van der Waals surface area contributed by atoms with Gasteiger partial charge in [-0.05, 0) is 25.0 Å². The zero-order valence-corrected chi connectivity index (χ0v) is 10.0. The van der Waals surface area contributed by atoms with Crippen LogP contribution in [0.5, 0.6) is 5.75 Å². The van der Waals surface area contributed by atoms with E-state index in [1.54, 1.807) is 12.1 Å². The Hall–Kier alpha value is -1.42. The van der Waals surface area contributed by atoms with Gasteiger partial charge < -0.3 is 5.32 Å². The van der Waals surface area contributed by atoms with Crippen LogP contribution in [-0.2, 0) is 4.89 Å². The van der Waals surface area contributed by atoms with E-state index in [-0.39, 0.29) is 0 Å². The lowest BCUT2D eigenvalue weighted by Gasteiger charge is -2.08. The Morgan fingerprint density at radius 2 is 2.25 bits per heavy atom. The fraction of sp³-hybridized carbons (Fsp3) is 0.364. The van der Waals surface area contributed by atoms with Gasteiger partial charge in [0.1, 0.15) is 0 Å². The first-order valence-corrected chi connectivity index (χ1v) is 5.40. The number of halogens is 1. The second-order valence-corrected chi connectivity index (χ2v) is 3.67. The Morgan fingerprint density at radius 3 is 2.88 bits per heavy atom. The molecule has 0 aliphatic heterocycles. The summed E-state index contributed by atoms with van der Waals surface area (Å²) < 4.78 is 0. The van der Waals surface area contributed by atoms with Crippen molar-refractivity contribution < 1.29 is 14.6 Å². The van der Waals surface area contributed by atoms with Crippen molar-refractivity contribution in [2.24, 2.45) is 0 Å². The summed E-state index contributed by atoms with van der Waals surface area (Å²) in [6.07, 6.45) is 0.210. The van der Waals surface area contributed by atoms with Crippen molar-refractivity contribution >= 4 is 17.7 Å². The van der Waals surface area contributed by atoms with Crippen molar-refractivity contribution in [2.75, 3.05) is 6.54 Å². The summed E-state index contributed by atoms with van der Waals surface area (Å²) in [6, 6.07) is 5.27. The standard InChI is InChI=1S/C11H14ClNO3/c1-3-7-13-11(14)16-15-10-8(2)5-4-6-9(10)12/h4-6H,3,7H2,1-2H3,(H,13,14). The van der Waals surface area contributed by atoms with Crippen LogP contribution in [-0.4, -0.2) is 12.6 Å². The second-order valence-electron chi connectivity index (χ2n) is 3.27. The molecule has 0 aliphatic rings. The summed E-state index contributed by atoms with van der Waals surface area (Å²) in [5.41, 5.74) is 0.802. The molecule has 0 unspecified atom stereocenters. The molecule has 1 amide bonds. The molecule has 0 atom stereocenters. The third kappa shape index (κ3) is 3.62. The maximum Gasteiger partial charge on any atom is 0.450 e. The number of carbonyl (C=O) groups is 1. The number of carbonyl (C=O) groups excluding carboxylic acids is 1. The van der Waals surface area contributed by atoms with Gasteiger partial charge in [-0.1, -0.05) is 30.7 Å². The molecule has 0 aliphatic carbocycles. The van der Waals surface area contributed by atoms with Crippen LogP contribution in [0.25, 0.3) is 0 Å². The molecule has 1 aromatic rings. The maximum atomic E-state index is 11.1. The van der Waals surface area contributed by atoms with E-state index >= 15 is 0 Å². The lowest BCUT2D eigenvalue weighted by atomic mass is 10.2. The van der Waals surface area contributed by atoms with E-state index in [1.807, 2.05) is 19.9 Å². The number of para-hydroxylation sites is 1. The van der Waals surface area contributed by atoms with Crippen molar-refractivity contribution in [2.45, 2.75) is 20.3 Å². The van der Waals surface area contributed by atoms with Gasteiger partial charge in [0.25, 0.3) is 0 Å². The smallest absolute Gasteiger partial charge is 0.318 e.